The van der Waals surface area contributed by atoms with Crippen LogP contribution in [0.3, 0.4) is 0 Å². The Hall–Kier alpha value is -1.71. The first-order valence-corrected chi connectivity index (χ1v) is 7.74. The van der Waals surface area contributed by atoms with Gasteiger partial charge in [-0.3, -0.25) is 0 Å². The largest absolute Gasteiger partial charge is 0.462 e. The maximum atomic E-state index is 12.0. The number of carbonyl (C=O) groups is 1. The highest BCUT2D eigenvalue weighted by Crippen LogP contribution is 2.36. The number of anilines is 2. The van der Waals surface area contributed by atoms with Crippen molar-refractivity contribution < 1.29 is 9.53 Å². The molecule has 1 aliphatic carbocycles. The van der Waals surface area contributed by atoms with E-state index < -0.39 is 0 Å². The zero-order chi connectivity index (χ0) is 15.5. The molecule has 0 heterocycles. The van der Waals surface area contributed by atoms with Gasteiger partial charge in [-0.15, -0.1) is 0 Å². The SMILES string of the molecule is CCOC(=O)c1cc(N)ccc1NC1CCC(C)(C)CC1. The van der Waals surface area contributed by atoms with Gasteiger partial charge in [0.1, 0.15) is 0 Å². The molecule has 0 unspecified atom stereocenters. The summed E-state index contributed by atoms with van der Waals surface area (Å²) in [4.78, 5) is 12.0. The van der Waals surface area contributed by atoms with Gasteiger partial charge in [-0.1, -0.05) is 13.8 Å². The first-order chi connectivity index (χ1) is 9.91. The summed E-state index contributed by atoms with van der Waals surface area (Å²) in [5.74, 6) is -0.316. The van der Waals surface area contributed by atoms with Crippen molar-refractivity contribution in [3.05, 3.63) is 23.8 Å². The number of hydrogen-bond acceptors (Lipinski definition) is 4. The first kappa shape index (κ1) is 15.7. The molecule has 0 aliphatic heterocycles. The van der Waals surface area contributed by atoms with Crippen molar-refractivity contribution >= 4 is 17.3 Å². The number of nitrogen functional groups attached to an aromatic ring is 1. The highest BCUT2D eigenvalue weighted by molar-refractivity contribution is 5.96. The lowest BCUT2D eigenvalue weighted by molar-refractivity contribution is 0.0527. The first-order valence-electron chi connectivity index (χ1n) is 7.74. The standard InChI is InChI=1S/C17H26N2O2/c1-4-21-16(20)14-11-12(18)5-6-15(14)19-13-7-9-17(2,3)10-8-13/h5-6,11,13,19H,4,7-10,18H2,1-3H3. The van der Waals surface area contributed by atoms with Crippen LogP contribution in [0.25, 0.3) is 0 Å². The predicted molar refractivity (Wildman–Crippen MR) is 86.5 cm³/mol. The van der Waals surface area contributed by atoms with Crippen LogP contribution in [0.4, 0.5) is 11.4 Å². The number of rotatable bonds is 4. The van der Waals surface area contributed by atoms with Crippen LogP contribution in [-0.4, -0.2) is 18.6 Å². The molecule has 0 aromatic heterocycles. The normalized spacial score (nSPS) is 18.2. The van der Waals surface area contributed by atoms with E-state index in [4.69, 9.17) is 10.5 Å². The van der Waals surface area contributed by atoms with Gasteiger partial charge in [0, 0.05) is 17.4 Å². The van der Waals surface area contributed by atoms with Gasteiger partial charge in [0.05, 0.1) is 12.2 Å². The Kier molecular flexibility index (Phi) is 4.76. The lowest BCUT2D eigenvalue weighted by atomic mass is 9.75. The summed E-state index contributed by atoms with van der Waals surface area (Å²) < 4.78 is 5.11. The Labute approximate surface area is 127 Å². The number of nitrogens with two attached hydrogens (primary N) is 1. The van der Waals surface area contributed by atoms with Crippen LogP contribution in [-0.2, 0) is 4.74 Å². The Morgan fingerprint density at radius 1 is 1.38 bits per heavy atom. The number of ether oxygens (including phenoxy) is 1. The van der Waals surface area contributed by atoms with Crippen molar-refractivity contribution in [1.82, 2.24) is 0 Å². The fourth-order valence-corrected chi connectivity index (χ4v) is 2.83. The van der Waals surface area contributed by atoms with Crippen molar-refractivity contribution in [2.45, 2.75) is 52.5 Å². The van der Waals surface area contributed by atoms with E-state index in [9.17, 15) is 4.79 Å². The van der Waals surface area contributed by atoms with Crippen molar-refractivity contribution in [2.75, 3.05) is 17.7 Å². The van der Waals surface area contributed by atoms with Gasteiger partial charge in [-0.25, -0.2) is 4.79 Å². The number of carbonyl (C=O) groups excluding carboxylic acids is 1. The van der Waals surface area contributed by atoms with E-state index in [0.29, 0.717) is 29.3 Å². The maximum absolute atomic E-state index is 12.0. The van der Waals surface area contributed by atoms with Gasteiger partial charge < -0.3 is 15.8 Å². The molecule has 2 rings (SSSR count). The van der Waals surface area contributed by atoms with Crippen molar-refractivity contribution in [3.8, 4) is 0 Å². The summed E-state index contributed by atoms with van der Waals surface area (Å²) in [5, 5.41) is 3.50. The maximum Gasteiger partial charge on any atom is 0.340 e. The van der Waals surface area contributed by atoms with Crippen LogP contribution < -0.4 is 11.1 Å². The molecular weight excluding hydrogens is 264 g/mol. The Morgan fingerprint density at radius 3 is 2.67 bits per heavy atom. The van der Waals surface area contributed by atoms with Gasteiger partial charge in [0.25, 0.3) is 0 Å². The summed E-state index contributed by atoms with van der Waals surface area (Å²) in [6.45, 7) is 6.80. The zero-order valence-corrected chi connectivity index (χ0v) is 13.2. The summed E-state index contributed by atoms with van der Waals surface area (Å²) in [6, 6.07) is 5.79. The second kappa shape index (κ2) is 6.37. The molecule has 0 radical (unpaired) electrons. The molecule has 21 heavy (non-hydrogen) atoms. The Balaban J connectivity index is 2.11. The Bertz CT molecular complexity index is 502. The zero-order valence-electron chi connectivity index (χ0n) is 13.2. The molecule has 0 saturated heterocycles. The fraction of sp³-hybridized carbons (Fsp3) is 0.588. The lowest BCUT2D eigenvalue weighted by Crippen LogP contribution is -2.30. The highest BCUT2D eigenvalue weighted by Gasteiger charge is 2.27. The van der Waals surface area contributed by atoms with E-state index in [0.717, 1.165) is 18.5 Å². The summed E-state index contributed by atoms with van der Waals surface area (Å²) in [7, 11) is 0. The molecule has 0 amide bonds. The molecule has 0 spiro atoms. The molecule has 116 valence electrons. The second-order valence-electron chi connectivity index (χ2n) is 6.61. The monoisotopic (exact) mass is 290 g/mol. The highest BCUT2D eigenvalue weighted by atomic mass is 16.5. The quantitative estimate of drug-likeness (QED) is 0.653. The van der Waals surface area contributed by atoms with Crippen molar-refractivity contribution in [3.63, 3.8) is 0 Å². The van der Waals surface area contributed by atoms with Crippen LogP contribution in [0, 0.1) is 5.41 Å². The Morgan fingerprint density at radius 2 is 2.05 bits per heavy atom. The van der Waals surface area contributed by atoms with E-state index in [1.807, 2.05) is 12.1 Å². The number of nitrogens with one attached hydrogen (secondary N) is 1. The third kappa shape index (κ3) is 4.13. The third-order valence-corrected chi connectivity index (χ3v) is 4.24. The van der Waals surface area contributed by atoms with Gasteiger partial charge in [0.15, 0.2) is 0 Å². The van der Waals surface area contributed by atoms with Gasteiger partial charge >= 0.3 is 5.97 Å². The average Bonchev–Trinajstić information content (AvgIpc) is 2.43. The molecule has 1 saturated carbocycles. The van der Waals surface area contributed by atoms with Crippen molar-refractivity contribution in [1.29, 1.82) is 0 Å². The van der Waals surface area contributed by atoms with Gasteiger partial charge in [-0.2, -0.15) is 0 Å². The van der Waals surface area contributed by atoms with Crippen LogP contribution in [0.2, 0.25) is 0 Å². The minimum absolute atomic E-state index is 0.316. The lowest BCUT2D eigenvalue weighted by Gasteiger charge is -2.35. The minimum Gasteiger partial charge on any atom is -0.462 e. The van der Waals surface area contributed by atoms with E-state index in [1.54, 1.807) is 13.0 Å². The molecule has 1 aromatic carbocycles. The molecule has 1 aliphatic rings. The summed E-state index contributed by atoms with van der Waals surface area (Å²) in [5.41, 5.74) is 8.16. The van der Waals surface area contributed by atoms with E-state index in [-0.39, 0.29) is 5.97 Å². The van der Waals surface area contributed by atoms with Crippen LogP contribution >= 0.6 is 0 Å². The van der Waals surface area contributed by atoms with Crippen molar-refractivity contribution in [2.24, 2.45) is 5.41 Å². The molecule has 0 bridgehead atoms. The average molecular weight is 290 g/mol. The molecule has 3 N–H and O–H groups in total. The molecule has 1 fully saturated rings. The van der Waals surface area contributed by atoms with Crippen LogP contribution in [0.5, 0.6) is 0 Å². The second-order valence-corrected chi connectivity index (χ2v) is 6.61. The number of hydrogen-bond donors (Lipinski definition) is 2. The molecular formula is C17H26N2O2. The van der Waals surface area contributed by atoms with Gasteiger partial charge in [0.2, 0.25) is 0 Å². The smallest absolute Gasteiger partial charge is 0.340 e. The van der Waals surface area contributed by atoms with E-state index >= 15 is 0 Å². The van der Waals surface area contributed by atoms with E-state index in [1.165, 1.54) is 12.8 Å². The number of esters is 1. The minimum atomic E-state index is -0.316. The molecule has 1 aromatic rings. The van der Waals surface area contributed by atoms with Gasteiger partial charge in [-0.05, 0) is 56.2 Å². The van der Waals surface area contributed by atoms with Crippen LogP contribution in [0.1, 0.15) is 56.8 Å². The van der Waals surface area contributed by atoms with E-state index in [2.05, 4.69) is 19.2 Å². The summed E-state index contributed by atoms with van der Waals surface area (Å²) in [6.07, 6.45) is 4.65. The topological polar surface area (TPSA) is 64.3 Å². The molecule has 0 atom stereocenters. The summed E-state index contributed by atoms with van der Waals surface area (Å²) >= 11 is 0. The molecule has 4 nitrogen and oxygen atoms in total. The van der Waals surface area contributed by atoms with Crippen LogP contribution in [0.15, 0.2) is 18.2 Å². The predicted octanol–water partition coefficient (Wildman–Crippen LogP) is 3.83. The number of benzene rings is 1. The molecule has 4 heteroatoms. The fourth-order valence-electron chi connectivity index (χ4n) is 2.83. The third-order valence-electron chi connectivity index (χ3n) is 4.24.